The average Bonchev–Trinajstić information content (AvgIpc) is 3.38. The molecule has 0 saturated heterocycles. The Morgan fingerprint density at radius 1 is 1.25 bits per heavy atom. The lowest BCUT2D eigenvalue weighted by Crippen LogP contribution is -2.35. The molecule has 0 N–H and O–H groups in total. The molecule has 0 radical (unpaired) electrons. The minimum Gasteiger partial charge on any atom is -0.466 e. The van der Waals surface area contributed by atoms with Gasteiger partial charge < -0.3 is 9.64 Å². The number of carbonyl (C=O) groups excluding carboxylic acids is 2. The summed E-state index contributed by atoms with van der Waals surface area (Å²) in [6, 6.07) is 1.96. The van der Waals surface area contributed by atoms with Crippen LogP contribution in [0, 0.1) is 26.7 Å². The Morgan fingerprint density at radius 2 is 2.00 bits per heavy atom. The summed E-state index contributed by atoms with van der Waals surface area (Å²) in [4.78, 5) is 31.0. The molecule has 1 amide bonds. The van der Waals surface area contributed by atoms with Crippen LogP contribution in [0.4, 0.5) is 0 Å². The third-order valence-electron chi connectivity index (χ3n) is 5.29. The van der Waals surface area contributed by atoms with Crippen molar-refractivity contribution in [1.29, 1.82) is 0 Å². The molecule has 152 valence electrons. The van der Waals surface area contributed by atoms with E-state index in [9.17, 15) is 9.59 Å². The van der Waals surface area contributed by atoms with Gasteiger partial charge in [0.2, 0.25) is 5.91 Å². The lowest BCUT2D eigenvalue weighted by molar-refractivity contribution is -0.144. The van der Waals surface area contributed by atoms with Gasteiger partial charge in [-0.05, 0) is 58.4 Å². The number of ether oxygens (including phenoxy) is 1. The zero-order valence-corrected chi connectivity index (χ0v) is 17.3. The van der Waals surface area contributed by atoms with Gasteiger partial charge >= 0.3 is 5.97 Å². The second-order valence-corrected chi connectivity index (χ2v) is 7.66. The molecule has 1 saturated carbocycles. The Labute approximate surface area is 166 Å². The normalized spacial score (nSPS) is 13.7. The van der Waals surface area contributed by atoms with Gasteiger partial charge in [0.15, 0.2) is 5.65 Å². The van der Waals surface area contributed by atoms with Gasteiger partial charge in [0.05, 0.1) is 18.7 Å². The summed E-state index contributed by atoms with van der Waals surface area (Å²) in [7, 11) is 0. The van der Waals surface area contributed by atoms with Gasteiger partial charge in [-0.25, -0.2) is 9.50 Å². The highest BCUT2D eigenvalue weighted by molar-refractivity contribution is 5.77. The minimum absolute atomic E-state index is 0.0896. The number of aromatic nitrogens is 3. The monoisotopic (exact) mass is 386 g/mol. The molecule has 0 aromatic carbocycles. The van der Waals surface area contributed by atoms with Crippen molar-refractivity contribution < 1.29 is 14.3 Å². The molecule has 0 unspecified atom stereocenters. The number of hydrogen-bond donors (Lipinski definition) is 0. The molecule has 3 rings (SSSR count). The Balaban J connectivity index is 1.66. The first-order valence-electron chi connectivity index (χ1n) is 10.1. The van der Waals surface area contributed by atoms with E-state index in [4.69, 9.17) is 4.74 Å². The van der Waals surface area contributed by atoms with Crippen LogP contribution in [-0.4, -0.2) is 51.1 Å². The number of hydrogen-bond acceptors (Lipinski definition) is 5. The van der Waals surface area contributed by atoms with E-state index < -0.39 is 0 Å². The van der Waals surface area contributed by atoms with Crippen LogP contribution < -0.4 is 0 Å². The lowest BCUT2D eigenvalue weighted by Gasteiger charge is -2.22. The Morgan fingerprint density at radius 3 is 2.68 bits per heavy atom. The average molecular weight is 386 g/mol. The minimum atomic E-state index is -0.244. The van der Waals surface area contributed by atoms with Crippen LogP contribution >= 0.6 is 0 Å². The fourth-order valence-corrected chi connectivity index (χ4v) is 3.58. The molecule has 1 aliphatic rings. The van der Waals surface area contributed by atoms with Gasteiger partial charge in [-0.2, -0.15) is 5.10 Å². The number of carbonyl (C=O) groups is 2. The molecular formula is C21H30N4O3. The van der Waals surface area contributed by atoms with Crippen LogP contribution in [-0.2, 0) is 20.7 Å². The molecule has 0 spiro atoms. The van der Waals surface area contributed by atoms with E-state index in [1.165, 1.54) is 12.8 Å². The fraction of sp³-hybridized carbons (Fsp3) is 0.619. The molecule has 0 atom stereocenters. The highest BCUT2D eigenvalue weighted by Crippen LogP contribution is 2.30. The van der Waals surface area contributed by atoms with Crippen LogP contribution in [0.3, 0.4) is 0 Å². The van der Waals surface area contributed by atoms with Crippen molar-refractivity contribution in [2.75, 3.05) is 19.7 Å². The SMILES string of the molecule is CCOC(=O)CCN(CC1CC1)C(=O)CCc1c(C)nc2cc(C)nn2c1C. The van der Waals surface area contributed by atoms with Crippen molar-refractivity contribution in [3.05, 3.63) is 28.7 Å². The number of esters is 1. The first-order valence-corrected chi connectivity index (χ1v) is 10.1. The standard InChI is InChI=1S/C21H30N4O3/c1-5-28-21(27)10-11-24(13-17-6-7-17)20(26)9-8-18-15(3)22-19-12-14(2)23-25(19)16(18)4/h12,17H,5-11,13H2,1-4H3. The van der Waals surface area contributed by atoms with Gasteiger partial charge in [-0.3, -0.25) is 9.59 Å². The maximum atomic E-state index is 12.9. The summed E-state index contributed by atoms with van der Waals surface area (Å²) < 4.78 is 6.85. The van der Waals surface area contributed by atoms with Gasteiger partial charge in [-0.15, -0.1) is 0 Å². The number of amides is 1. The first kappa shape index (κ1) is 20.3. The van der Waals surface area contributed by atoms with Crippen molar-refractivity contribution in [1.82, 2.24) is 19.5 Å². The molecule has 28 heavy (non-hydrogen) atoms. The molecule has 7 heteroatoms. The van der Waals surface area contributed by atoms with Crippen LogP contribution in [0.2, 0.25) is 0 Å². The predicted octanol–water partition coefficient (Wildman–Crippen LogP) is 2.78. The Bertz CT molecular complexity index is 870. The maximum Gasteiger partial charge on any atom is 0.307 e. The van der Waals surface area contributed by atoms with Crippen molar-refractivity contribution >= 4 is 17.5 Å². The number of fused-ring (bicyclic) bond motifs is 1. The van der Waals surface area contributed by atoms with E-state index in [0.717, 1.165) is 34.8 Å². The van der Waals surface area contributed by atoms with E-state index in [2.05, 4.69) is 10.1 Å². The summed E-state index contributed by atoms with van der Waals surface area (Å²) in [5.41, 5.74) is 4.81. The third kappa shape index (κ3) is 4.88. The molecule has 7 nitrogen and oxygen atoms in total. The molecule has 1 aliphatic carbocycles. The highest BCUT2D eigenvalue weighted by Gasteiger charge is 2.27. The highest BCUT2D eigenvalue weighted by atomic mass is 16.5. The van der Waals surface area contributed by atoms with Crippen LogP contribution in [0.1, 0.15) is 55.3 Å². The smallest absolute Gasteiger partial charge is 0.307 e. The van der Waals surface area contributed by atoms with Gasteiger partial charge in [0.1, 0.15) is 0 Å². The van der Waals surface area contributed by atoms with Crippen molar-refractivity contribution in [2.45, 2.75) is 59.8 Å². The fourth-order valence-electron chi connectivity index (χ4n) is 3.58. The van der Waals surface area contributed by atoms with Crippen LogP contribution in [0.15, 0.2) is 6.07 Å². The maximum absolute atomic E-state index is 12.9. The number of aryl methyl sites for hydroxylation is 3. The Kier molecular flexibility index (Phi) is 6.31. The van der Waals surface area contributed by atoms with Gasteiger partial charge in [0.25, 0.3) is 0 Å². The summed E-state index contributed by atoms with van der Waals surface area (Å²) in [5, 5.41) is 4.50. The van der Waals surface area contributed by atoms with Crippen molar-refractivity contribution in [3.8, 4) is 0 Å². The van der Waals surface area contributed by atoms with E-state index in [1.807, 2.05) is 36.3 Å². The van der Waals surface area contributed by atoms with E-state index in [1.54, 1.807) is 6.92 Å². The lowest BCUT2D eigenvalue weighted by atomic mass is 10.1. The second kappa shape index (κ2) is 8.71. The van der Waals surface area contributed by atoms with Crippen molar-refractivity contribution in [2.24, 2.45) is 5.92 Å². The van der Waals surface area contributed by atoms with Gasteiger partial charge in [-0.1, -0.05) is 0 Å². The van der Waals surface area contributed by atoms with Crippen LogP contribution in [0.5, 0.6) is 0 Å². The van der Waals surface area contributed by atoms with Crippen LogP contribution in [0.25, 0.3) is 5.65 Å². The van der Waals surface area contributed by atoms with Gasteiger partial charge in [0, 0.05) is 37.0 Å². The number of rotatable bonds is 9. The van der Waals surface area contributed by atoms with Crippen molar-refractivity contribution in [3.63, 3.8) is 0 Å². The quantitative estimate of drug-likeness (QED) is 0.620. The zero-order chi connectivity index (χ0) is 20.3. The second-order valence-electron chi connectivity index (χ2n) is 7.66. The molecule has 2 aromatic rings. The molecule has 1 fully saturated rings. The molecule has 2 aromatic heterocycles. The van der Waals surface area contributed by atoms with E-state index in [0.29, 0.717) is 31.9 Å². The first-order chi connectivity index (χ1) is 13.4. The zero-order valence-electron chi connectivity index (χ0n) is 17.3. The van der Waals surface area contributed by atoms with E-state index >= 15 is 0 Å². The molecule has 0 bridgehead atoms. The Hall–Kier alpha value is -2.44. The predicted molar refractivity (Wildman–Crippen MR) is 106 cm³/mol. The van der Waals surface area contributed by atoms with E-state index in [-0.39, 0.29) is 18.3 Å². The molecule has 2 heterocycles. The number of nitrogens with zero attached hydrogens (tertiary/aromatic N) is 4. The largest absolute Gasteiger partial charge is 0.466 e. The summed E-state index contributed by atoms with van der Waals surface area (Å²) >= 11 is 0. The third-order valence-corrected chi connectivity index (χ3v) is 5.29. The summed E-state index contributed by atoms with van der Waals surface area (Å²) in [6.07, 6.45) is 3.62. The topological polar surface area (TPSA) is 76.8 Å². The summed E-state index contributed by atoms with van der Waals surface area (Å²) in [6.45, 7) is 9.30. The summed E-state index contributed by atoms with van der Waals surface area (Å²) in [5.74, 6) is 0.429. The molecule has 0 aliphatic heterocycles. The molecular weight excluding hydrogens is 356 g/mol.